The number of ether oxygens (including phenoxy) is 2. The maximum atomic E-state index is 12.8. The van der Waals surface area contributed by atoms with Crippen molar-refractivity contribution in [1.82, 2.24) is 15.0 Å². The molecule has 0 amide bonds. The number of hydrogen-bond donors (Lipinski definition) is 1. The summed E-state index contributed by atoms with van der Waals surface area (Å²) in [7, 11) is 1.16. The Morgan fingerprint density at radius 2 is 2.06 bits per heavy atom. The highest BCUT2D eigenvalue weighted by molar-refractivity contribution is 5.65. The zero-order valence-electron chi connectivity index (χ0n) is 9.33. The first-order valence-corrected chi connectivity index (χ1v) is 4.84. The average molecular weight is 252 g/mol. The fourth-order valence-electron chi connectivity index (χ4n) is 1.24. The van der Waals surface area contributed by atoms with Crippen LogP contribution in [0.25, 0.3) is 5.69 Å². The van der Waals surface area contributed by atoms with Crippen molar-refractivity contribution in [2.45, 2.75) is 0 Å². The van der Waals surface area contributed by atoms with Gasteiger partial charge in [0, 0.05) is 0 Å². The van der Waals surface area contributed by atoms with Crippen LogP contribution in [0.4, 0.5) is 15.0 Å². The van der Waals surface area contributed by atoms with Crippen LogP contribution < -0.4 is 10.5 Å². The number of benzene rings is 1. The van der Waals surface area contributed by atoms with E-state index in [1.54, 1.807) is 0 Å². The second kappa shape index (κ2) is 4.70. The number of rotatable bonds is 2. The molecule has 1 aromatic carbocycles. The second-order valence-electron chi connectivity index (χ2n) is 3.22. The fourth-order valence-corrected chi connectivity index (χ4v) is 1.24. The number of carbonyl (C=O) groups excluding carboxylic acids is 1. The van der Waals surface area contributed by atoms with Gasteiger partial charge in [-0.05, 0) is 24.3 Å². The van der Waals surface area contributed by atoms with Crippen LogP contribution in [0, 0.1) is 5.82 Å². The minimum atomic E-state index is -0.951. The number of anilines is 1. The monoisotopic (exact) mass is 252 g/mol. The minimum Gasteiger partial charge on any atom is -0.437 e. The van der Waals surface area contributed by atoms with E-state index >= 15 is 0 Å². The Bertz CT molecular complexity index is 567. The molecule has 0 spiro atoms. The number of hydrogen-bond acceptors (Lipinski definition) is 6. The summed E-state index contributed by atoms with van der Waals surface area (Å²) in [6.45, 7) is 0. The van der Waals surface area contributed by atoms with E-state index in [0.717, 1.165) is 7.11 Å². The summed E-state index contributed by atoms with van der Waals surface area (Å²) < 4.78 is 22.9. The summed E-state index contributed by atoms with van der Waals surface area (Å²) in [6, 6.07) is 5.42. The molecule has 2 aromatic rings. The number of halogens is 1. The lowest BCUT2D eigenvalue weighted by Gasteiger charge is -2.02. The number of carbonyl (C=O) groups is 1. The molecule has 1 aromatic heterocycles. The van der Waals surface area contributed by atoms with Gasteiger partial charge in [-0.1, -0.05) is 10.3 Å². The number of aromatic nitrogens is 3. The first-order valence-electron chi connectivity index (χ1n) is 4.84. The van der Waals surface area contributed by atoms with Crippen LogP contribution in [0.2, 0.25) is 0 Å². The Morgan fingerprint density at radius 1 is 1.39 bits per heavy atom. The Hall–Kier alpha value is -2.64. The zero-order valence-corrected chi connectivity index (χ0v) is 9.33. The van der Waals surface area contributed by atoms with Crippen molar-refractivity contribution >= 4 is 12.0 Å². The van der Waals surface area contributed by atoms with Crippen molar-refractivity contribution in [1.29, 1.82) is 0 Å². The van der Waals surface area contributed by atoms with Crippen LogP contribution in [0.3, 0.4) is 0 Å². The lowest BCUT2D eigenvalue weighted by molar-refractivity contribution is 0.120. The molecule has 94 valence electrons. The summed E-state index contributed by atoms with van der Waals surface area (Å²) in [6.07, 6.45) is -0.951. The van der Waals surface area contributed by atoms with E-state index in [4.69, 9.17) is 5.73 Å². The molecule has 1 heterocycles. The summed E-state index contributed by atoms with van der Waals surface area (Å²) in [5, 5.41) is 7.26. The molecule has 7 nitrogen and oxygen atoms in total. The third-order valence-corrected chi connectivity index (χ3v) is 2.09. The van der Waals surface area contributed by atoms with Crippen LogP contribution in [0.1, 0.15) is 0 Å². The van der Waals surface area contributed by atoms with E-state index in [1.165, 1.54) is 28.9 Å². The highest BCUT2D eigenvalue weighted by Crippen LogP contribution is 2.21. The smallest absolute Gasteiger partial charge is 0.437 e. The molecule has 2 N–H and O–H groups in total. The van der Waals surface area contributed by atoms with Crippen molar-refractivity contribution in [3.05, 3.63) is 30.1 Å². The van der Waals surface area contributed by atoms with Crippen molar-refractivity contribution in [2.24, 2.45) is 0 Å². The Kier molecular flexibility index (Phi) is 3.09. The molecule has 0 aliphatic rings. The van der Waals surface area contributed by atoms with Gasteiger partial charge in [-0.2, -0.15) is 4.68 Å². The molecular weight excluding hydrogens is 243 g/mol. The summed E-state index contributed by atoms with van der Waals surface area (Å²) in [5.41, 5.74) is 6.17. The molecule has 8 heteroatoms. The van der Waals surface area contributed by atoms with Crippen molar-refractivity contribution < 1.29 is 18.7 Å². The summed E-state index contributed by atoms with van der Waals surface area (Å²) in [5.74, 6) is -0.554. The Morgan fingerprint density at radius 3 is 2.67 bits per heavy atom. The first kappa shape index (κ1) is 11.8. The topological polar surface area (TPSA) is 92.3 Å². The summed E-state index contributed by atoms with van der Waals surface area (Å²) in [4.78, 5) is 10.9. The molecule has 0 bridgehead atoms. The van der Waals surface area contributed by atoms with E-state index in [2.05, 4.69) is 19.8 Å². The highest BCUT2D eigenvalue weighted by atomic mass is 19.1. The quantitative estimate of drug-likeness (QED) is 0.805. The van der Waals surface area contributed by atoms with Gasteiger partial charge in [-0.25, -0.2) is 9.18 Å². The lowest BCUT2D eigenvalue weighted by Crippen LogP contribution is -2.09. The number of methoxy groups -OCH3 is 1. The predicted molar refractivity (Wildman–Crippen MR) is 58.8 cm³/mol. The fraction of sp³-hybridized carbons (Fsp3) is 0.100. The molecule has 0 fully saturated rings. The molecule has 0 saturated carbocycles. The third kappa shape index (κ3) is 2.21. The predicted octanol–water partition coefficient (Wildman–Crippen LogP) is 1.13. The van der Waals surface area contributed by atoms with Gasteiger partial charge >= 0.3 is 6.16 Å². The van der Waals surface area contributed by atoms with Gasteiger partial charge in [0.15, 0.2) is 5.82 Å². The summed E-state index contributed by atoms with van der Waals surface area (Å²) >= 11 is 0. The first-order chi connectivity index (χ1) is 8.61. The largest absolute Gasteiger partial charge is 0.515 e. The SMILES string of the molecule is COC(=O)Oc1nnn(-c2ccc(F)cc2)c1N. The van der Waals surface area contributed by atoms with E-state index in [1.807, 2.05) is 0 Å². The van der Waals surface area contributed by atoms with E-state index in [0.29, 0.717) is 5.69 Å². The molecule has 0 aliphatic heterocycles. The lowest BCUT2D eigenvalue weighted by atomic mass is 10.3. The second-order valence-corrected chi connectivity index (χ2v) is 3.22. The van der Waals surface area contributed by atoms with Crippen molar-refractivity contribution in [2.75, 3.05) is 12.8 Å². The van der Waals surface area contributed by atoms with Gasteiger partial charge in [0.1, 0.15) is 5.82 Å². The number of nitrogens with two attached hydrogens (primary N) is 1. The van der Waals surface area contributed by atoms with E-state index in [9.17, 15) is 9.18 Å². The Balaban J connectivity index is 2.30. The molecule has 0 saturated heterocycles. The molecular formula is C10H9FN4O3. The van der Waals surface area contributed by atoms with Crippen molar-refractivity contribution in [3.8, 4) is 11.6 Å². The standard InChI is InChI=1S/C10H9FN4O3/c1-17-10(16)18-9-8(12)15(14-13-9)7-4-2-6(11)3-5-7/h2-5H,12H2,1H3. The highest BCUT2D eigenvalue weighted by Gasteiger charge is 2.16. The van der Waals surface area contributed by atoms with Gasteiger partial charge in [0.05, 0.1) is 12.8 Å². The normalized spacial score (nSPS) is 10.1. The maximum Gasteiger partial charge on any atom is 0.515 e. The average Bonchev–Trinajstić information content (AvgIpc) is 2.72. The third-order valence-electron chi connectivity index (χ3n) is 2.09. The molecule has 2 rings (SSSR count). The minimum absolute atomic E-state index is 0.00649. The van der Waals surface area contributed by atoms with Crippen LogP contribution in [-0.4, -0.2) is 28.3 Å². The van der Waals surface area contributed by atoms with Gasteiger partial charge in [-0.3, -0.25) is 0 Å². The van der Waals surface area contributed by atoms with Crippen molar-refractivity contribution in [3.63, 3.8) is 0 Å². The zero-order chi connectivity index (χ0) is 13.1. The maximum absolute atomic E-state index is 12.8. The van der Waals surface area contributed by atoms with Crippen LogP contribution in [-0.2, 0) is 4.74 Å². The van der Waals surface area contributed by atoms with E-state index in [-0.39, 0.29) is 17.5 Å². The number of nitrogen functional groups attached to an aromatic ring is 1. The molecule has 0 radical (unpaired) electrons. The van der Waals surface area contributed by atoms with Crippen LogP contribution in [0.15, 0.2) is 24.3 Å². The van der Waals surface area contributed by atoms with Gasteiger partial charge in [0.25, 0.3) is 5.88 Å². The number of nitrogens with zero attached hydrogens (tertiary/aromatic N) is 3. The molecule has 0 atom stereocenters. The van der Waals surface area contributed by atoms with Crippen LogP contribution in [0.5, 0.6) is 5.88 Å². The van der Waals surface area contributed by atoms with Crippen LogP contribution >= 0.6 is 0 Å². The molecule has 0 unspecified atom stereocenters. The molecule has 18 heavy (non-hydrogen) atoms. The van der Waals surface area contributed by atoms with Gasteiger partial charge in [0.2, 0.25) is 0 Å². The molecule has 0 aliphatic carbocycles. The van der Waals surface area contributed by atoms with E-state index < -0.39 is 6.16 Å². The Labute approximate surface area is 101 Å². The van der Waals surface area contributed by atoms with Gasteiger partial charge in [-0.15, -0.1) is 0 Å². The van der Waals surface area contributed by atoms with Gasteiger partial charge < -0.3 is 15.2 Å².